The monoisotopic (exact) mass is 458 g/mol. The zero-order valence-electron chi connectivity index (χ0n) is 16.9. The Bertz CT molecular complexity index is 1250. The average Bonchev–Trinajstić information content (AvgIpc) is 3.26. The lowest BCUT2D eigenvalue weighted by molar-refractivity contribution is -0.115. The van der Waals surface area contributed by atoms with Gasteiger partial charge in [0.25, 0.3) is 0 Å². The van der Waals surface area contributed by atoms with Crippen molar-refractivity contribution in [3.63, 3.8) is 0 Å². The van der Waals surface area contributed by atoms with Crippen LogP contribution in [-0.4, -0.2) is 20.9 Å². The number of para-hydroxylation sites is 1. The van der Waals surface area contributed by atoms with Crippen molar-refractivity contribution in [3.8, 4) is 0 Å². The molecule has 1 aromatic carbocycles. The van der Waals surface area contributed by atoms with Crippen LogP contribution in [0.25, 0.3) is 10.2 Å². The van der Waals surface area contributed by atoms with Gasteiger partial charge in [-0.1, -0.05) is 23.9 Å². The van der Waals surface area contributed by atoms with Gasteiger partial charge in [0, 0.05) is 28.3 Å². The Morgan fingerprint density at radius 3 is 2.67 bits per heavy atom. The molecule has 0 aliphatic heterocycles. The van der Waals surface area contributed by atoms with Crippen molar-refractivity contribution in [2.45, 2.75) is 38.5 Å². The fourth-order valence-corrected chi connectivity index (χ4v) is 6.21. The molecule has 0 aliphatic rings. The molecule has 0 saturated heterocycles. The molecule has 3 heterocycles. The summed E-state index contributed by atoms with van der Waals surface area (Å²) in [5, 5.41) is 4.39. The molecule has 0 bridgehead atoms. The Balaban J connectivity index is 1.61. The van der Waals surface area contributed by atoms with Crippen LogP contribution in [0, 0.1) is 26.6 Å². The Morgan fingerprint density at radius 2 is 1.93 bits per heavy atom. The van der Waals surface area contributed by atoms with Gasteiger partial charge in [-0.25, -0.2) is 19.3 Å². The van der Waals surface area contributed by atoms with E-state index < -0.39 is 5.82 Å². The van der Waals surface area contributed by atoms with Gasteiger partial charge in [-0.2, -0.15) is 0 Å². The molecule has 0 radical (unpaired) electrons. The van der Waals surface area contributed by atoms with Crippen molar-refractivity contribution in [3.05, 3.63) is 57.4 Å². The van der Waals surface area contributed by atoms with E-state index in [1.165, 1.54) is 39.7 Å². The van der Waals surface area contributed by atoms with E-state index in [0.29, 0.717) is 10.9 Å². The zero-order chi connectivity index (χ0) is 21.4. The Morgan fingerprint density at radius 1 is 1.17 bits per heavy atom. The lowest BCUT2D eigenvalue weighted by atomic mass is 10.2. The Labute approximate surface area is 186 Å². The van der Waals surface area contributed by atoms with E-state index in [0.717, 1.165) is 26.8 Å². The van der Waals surface area contributed by atoms with Crippen molar-refractivity contribution >= 4 is 61.4 Å². The van der Waals surface area contributed by atoms with Gasteiger partial charge in [0.2, 0.25) is 5.91 Å². The van der Waals surface area contributed by atoms with Crippen molar-refractivity contribution in [2.24, 2.45) is 0 Å². The van der Waals surface area contributed by atoms with Gasteiger partial charge >= 0.3 is 0 Å². The number of nitrogens with zero attached hydrogens (tertiary/aromatic N) is 4. The molecule has 0 fully saturated rings. The van der Waals surface area contributed by atoms with Crippen LogP contribution in [0.2, 0.25) is 0 Å². The predicted octanol–water partition coefficient (Wildman–Crippen LogP) is 6.19. The van der Waals surface area contributed by atoms with E-state index in [4.69, 9.17) is 0 Å². The quantitative estimate of drug-likeness (QED) is 0.264. The number of amides is 1. The number of halogens is 1. The maximum atomic E-state index is 14.3. The molecule has 0 aliphatic carbocycles. The normalized spacial score (nSPS) is 11.2. The molecule has 0 unspecified atom stereocenters. The molecule has 154 valence electrons. The number of carbonyl (C=O) groups excluding carboxylic acids is 1. The number of thioether (sulfide) groups is 1. The molecule has 30 heavy (non-hydrogen) atoms. The number of hydrogen-bond donors (Lipinski definition) is 0. The fourth-order valence-electron chi connectivity index (χ4n) is 3.07. The number of aromatic nitrogens is 3. The first-order valence-corrected chi connectivity index (χ1v) is 11.9. The number of thiazole rings is 1. The number of carbonyl (C=O) groups is 1. The highest BCUT2D eigenvalue weighted by Crippen LogP contribution is 2.37. The van der Waals surface area contributed by atoms with Crippen LogP contribution in [-0.2, 0) is 10.5 Å². The topological polar surface area (TPSA) is 59.0 Å². The van der Waals surface area contributed by atoms with Gasteiger partial charge in [-0.05, 0) is 38.5 Å². The van der Waals surface area contributed by atoms with Crippen molar-refractivity contribution in [2.75, 3.05) is 4.90 Å². The fraction of sp³-hybridized carbons (Fsp3) is 0.238. The largest absolute Gasteiger partial charge is 0.274 e. The number of thiophene rings is 1. The smallest absolute Gasteiger partial charge is 0.230 e. The second-order valence-electron chi connectivity index (χ2n) is 6.76. The molecule has 4 aromatic rings. The standard InChI is InChI=1S/C21H19FN4OS3/c1-11-12(2)30-20-18(11)19(23-13(3)24-20)28-9-15-10-29-21(25-15)26(14(4)27)17-8-6-5-7-16(17)22/h5-8,10H,9H2,1-4H3. The molecule has 0 atom stereocenters. The molecule has 0 N–H and O–H groups in total. The molecular formula is C21H19FN4OS3. The summed E-state index contributed by atoms with van der Waals surface area (Å²) in [6.45, 7) is 7.49. The summed E-state index contributed by atoms with van der Waals surface area (Å²) in [6.07, 6.45) is 0. The van der Waals surface area contributed by atoms with Gasteiger partial charge in [0.05, 0.1) is 11.4 Å². The van der Waals surface area contributed by atoms with Crippen LogP contribution in [0.5, 0.6) is 0 Å². The first-order chi connectivity index (χ1) is 14.3. The number of aryl methyl sites for hydroxylation is 3. The average molecular weight is 459 g/mol. The summed E-state index contributed by atoms with van der Waals surface area (Å²) in [6, 6.07) is 6.21. The minimum atomic E-state index is -0.457. The first-order valence-electron chi connectivity index (χ1n) is 9.22. The maximum Gasteiger partial charge on any atom is 0.230 e. The van der Waals surface area contributed by atoms with E-state index in [1.807, 2.05) is 12.3 Å². The summed E-state index contributed by atoms with van der Waals surface area (Å²) in [4.78, 5) is 29.6. The maximum absolute atomic E-state index is 14.3. The molecule has 4 rings (SSSR count). The number of rotatable bonds is 5. The van der Waals surface area contributed by atoms with Crippen molar-refractivity contribution < 1.29 is 9.18 Å². The highest BCUT2D eigenvalue weighted by molar-refractivity contribution is 7.98. The van der Waals surface area contributed by atoms with Crippen LogP contribution in [0.15, 0.2) is 34.7 Å². The third-order valence-electron chi connectivity index (χ3n) is 4.60. The molecular weight excluding hydrogens is 439 g/mol. The molecule has 3 aromatic heterocycles. The summed E-state index contributed by atoms with van der Waals surface area (Å²) < 4.78 is 14.3. The van der Waals surface area contributed by atoms with Crippen LogP contribution in [0.1, 0.15) is 28.9 Å². The van der Waals surface area contributed by atoms with Gasteiger partial charge in [0.15, 0.2) is 5.13 Å². The summed E-state index contributed by atoms with van der Waals surface area (Å²) in [7, 11) is 0. The van der Waals surface area contributed by atoms with Gasteiger partial charge < -0.3 is 0 Å². The van der Waals surface area contributed by atoms with Crippen LogP contribution in [0.4, 0.5) is 15.2 Å². The third kappa shape index (κ3) is 3.97. The van der Waals surface area contributed by atoms with E-state index in [9.17, 15) is 9.18 Å². The second-order valence-corrected chi connectivity index (χ2v) is 9.76. The molecule has 5 nitrogen and oxygen atoms in total. The minimum absolute atomic E-state index is 0.205. The van der Waals surface area contributed by atoms with E-state index >= 15 is 0 Å². The van der Waals surface area contributed by atoms with Crippen LogP contribution in [0.3, 0.4) is 0 Å². The van der Waals surface area contributed by atoms with Gasteiger partial charge in [-0.3, -0.25) is 9.69 Å². The third-order valence-corrected chi connectivity index (χ3v) is 7.59. The molecule has 0 spiro atoms. The van der Waals surface area contributed by atoms with Crippen LogP contribution < -0.4 is 4.90 Å². The van der Waals surface area contributed by atoms with Gasteiger partial charge in [0.1, 0.15) is 21.5 Å². The highest BCUT2D eigenvalue weighted by Gasteiger charge is 2.21. The first kappa shape index (κ1) is 20.9. The number of anilines is 2. The molecule has 0 saturated carbocycles. The van der Waals surface area contributed by atoms with Crippen molar-refractivity contribution in [1.82, 2.24) is 15.0 Å². The lowest BCUT2D eigenvalue weighted by Crippen LogP contribution is -2.23. The second kappa shape index (κ2) is 8.41. The lowest BCUT2D eigenvalue weighted by Gasteiger charge is -2.18. The molecule has 1 amide bonds. The van der Waals surface area contributed by atoms with Crippen molar-refractivity contribution in [1.29, 1.82) is 0 Å². The van der Waals surface area contributed by atoms with Gasteiger partial charge in [-0.15, -0.1) is 22.7 Å². The van der Waals surface area contributed by atoms with E-state index in [-0.39, 0.29) is 11.6 Å². The number of hydrogen-bond acceptors (Lipinski definition) is 7. The minimum Gasteiger partial charge on any atom is -0.274 e. The SMILES string of the molecule is CC(=O)N(c1nc(CSc2nc(C)nc3sc(C)c(C)c23)cs1)c1ccccc1F. The predicted molar refractivity (Wildman–Crippen MR) is 123 cm³/mol. The Hall–Kier alpha value is -2.36. The zero-order valence-corrected chi connectivity index (χ0v) is 19.3. The molecule has 9 heteroatoms. The number of fused-ring (bicyclic) bond motifs is 1. The highest BCUT2D eigenvalue weighted by atomic mass is 32.2. The summed E-state index contributed by atoms with van der Waals surface area (Å²) >= 11 is 4.60. The van der Waals surface area contributed by atoms with E-state index in [1.54, 1.807) is 41.3 Å². The Kier molecular flexibility index (Phi) is 5.86. The summed E-state index contributed by atoms with van der Waals surface area (Å²) in [5.41, 5.74) is 2.23. The number of benzene rings is 1. The van der Waals surface area contributed by atoms with Crippen LogP contribution >= 0.6 is 34.4 Å². The van der Waals surface area contributed by atoms with E-state index in [2.05, 4.69) is 28.8 Å². The summed E-state index contributed by atoms with van der Waals surface area (Å²) in [5.74, 6) is 0.596.